The summed E-state index contributed by atoms with van der Waals surface area (Å²) in [7, 11) is 0. The van der Waals surface area contributed by atoms with Crippen LogP contribution in [0.5, 0.6) is 0 Å². The van der Waals surface area contributed by atoms with E-state index in [9.17, 15) is 13.6 Å². The number of hydrogen-bond acceptors (Lipinski definition) is 4. The predicted octanol–water partition coefficient (Wildman–Crippen LogP) is 4.61. The fourth-order valence-electron chi connectivity index (χ4n) is 2.56. The number of aromatic nitrogens is 3. The lowest BCUT2D eigenvalue weighted by Gasteiger charge is -2.12. The topological polar surface area (TPSA) is 47.8 Å². The van der Waals surface area contributed by atoms with Crippen LogP contribution in [0.25, 0.3) is 11.4 Å². The maximum Gasteiger partial charge on any atom is 0.192 e. The maximum absolute atomic E-state index is 13.4. The van der Waals surface area contributed by atoms with E-state index in [0.29, 0.717) is 11.7 Å². The number of halogens is 2. The lowest BCUT2D eigenvalue weighted by atomic mass is 10.1. The zero-order valence-electron chi connectivity index (χ0n) is 14.3. The lowest BCUT2D eigenvalue weighted by Crippen LogP contribution is -2.15. The van der Waals surface area contributed by atoms with Gasteiger partial charge in [0.05, 0.1) is 5.25 Å². The molecule has 0 bridgehead atoms. The van der Waals surface area contributed by atoms with Gasteiger partial charge >= 0.3 is 0 Å². The third-order valence-electron chi connectivity index (χ3n) is 3.92. The van der Waals surface area contributed by atoms with Crippen molar-refractivity contribution < 1.29 is 13.6 Å². The molecule has 0 saturated carbocycles. The first-order chi connectivity index (χ1) is 12.5. The van der Waals surface area contributed by atoms with Crippen molar-refractivity contribution in [3.8, 4) is 11.4 Å². The molecular formula is C19H17F2N3OS. The van der Waals surface area contributed by atoms with Crippen LogP contribution >= 0.6 is 11.8 Å². The van der Waals surface area contributed by atoms with Crippen molar-refractivity contribution in [1.29, 1.82) is 0 Å². The molecule has 2 aromatic carbocycles. The number of thioether (sulfide) groups is 1. The van der Waals surface area contributed by atoms with E-state index in [4.69, 9.17) is 0 Å². The molecular weight excluding hydrogens is 356 g/mol. The molecule has 0 spiro atoms. The smallest absolute Gasteiger partial charge is 0.192 e. The first-order valence-corrected chi connectivity index (χ1v) is 9.03. The van der Waals surface area contributed by atoms with Crippen LogP contribution in [0.4, 0.5) is 8.78 Å². The second-order valence-electron chi connectivity index (χ2n) is 5.67. The molecule has 1 heterocycles. The van der Waals surface area contributed by atoms with Crippen LogP contribution in [0.3, 0.4) is 0 Å². The first kappa shape index (κ1) is 18.3. The van der Waals surface area contributed by atoms with Gasteiger partial charge in [0.25, 0.3) is 0 Å². The molecule has 1 atom stereocenters. The van der Waals surface area contributed by atoms with Crippen LogP contribution in [0.2, 0.25) is 0 Å². The molecule has 0 saturated heterocycles. The minimum absolute atomic E-state index is 0.134. The molecule has 7 heteroatoms. The standard InChI is InChI=1S/C19H17F2N3OS/c1-3-24-18(13-7-5-4-6-8-13)22-23-19(24)26-12(2)17(25)14-9-10-15(20)16(21)11-14/h4-12H,3H2,1-2H3/t12-/m1/s1. The van der Waals surface area contributed by atoms with Gasteiger partial charge in [0.1, 0.15) is 0 Å². The summed E-state index contributed by atoms with van der Waals surface area (Å²) in [4.78, 5) is 12.5. The van der Waals surface area contributed by atoms with Crippen LogP contribution in [-0.4, -0.2) is 25.8 Å². The fourth-order valence-corrected chi connectivity index (χ4v) is 3.55. The summed E-state index contributed by atoms with van der Waals surface area (Å²) in [6.07, 6.45) is 0. The minimum atomic E-state index is -1.03. The van der Waals surface area contributed by atoms with Gasteiger partial charge in [0.2, 0.25) is 0 Å². The number of ketones is 1. The second-order valence-corrected chi connectivity index (χ2v) is 6.98. The van der Waals surface area contributed by atoms with Crippen LogP contribution in [0.15, 0.2) is 53.7 Å². The SMILES string of the molecule is CCn1c(S[C@H](C)C(=O)c2ccc(F)c(F)c2)nnc1-c1ccccc1. The van der Waals surface area contributed by atoms with E-state index in [1.807, 2.05) is 41.8 Å². The van der Waals surface area contributed by atoms with Crippen molar-refractivity contribution in [2.24, 2.45) is 0 Å². The van der Waals surface area contributed by atoms with E-state index in [0.717, 1.165) is 23.5 Å². The molecule has 0 unspecified atom stereocenters. The molecule has 0 aliphatic heterocycles. The summed E-state index contributed by atoms with van der Waals surface area (Å²) in [6, 6.07) is 12.8. The van der Waals surface area contributed by atoms with E-state index in [-0.39, 0.29) is 11.3 Å². The molecule has 0 fully saturated rings. The van der Waals surface area contributed by atoms with Gasteiger partial charge in [-0.1, -0.05) is 42.1 Å². The summed E-state index contributed by atoms with van der Waals surface area (Å²) < 4.78 is 28.4. The van der Waals surface area contributed by atoms with Crippen molar-refractivity contribution in [2.45, 2.75) is 30.8 Å². The Hall–Kier alpha value is -2.54. The average molecular weight is 373 g/mol. The summed E-state index contributed by atoms with van der Waals surface area (Å²) in [5.74, 6) is -1.57. The highest BCUT2D eigenvalue weighted by Gasteiger charge is 2.22. The molecule has 134 valence electrons. The summed E-state index contributed by atoms with van der Waals surface area (Å²) >= 11 is 1.25. The van der Waals surface area contributed by atoms with Gasteiger partial charge in [-0.3, -0.25) is 4.79 Å². The largest absolute Gasteiger partial charge is 0.302 e. The number of hydrogen-bond donors (Lipinski definition) is 0. The van der Waals surface area contributed by atoms with Crippen molar-refractivity contribution in [1.82, 2.24) is 14.8 Å². The third-order valence-corrected chi connectivity index (χ3v) is 5.00. The van der Waals surface area contributed by atoms with Gasteiger partial charge < -0.3 is 4.57 Å². The summed E-state index contributed by atoms with van der Waals surface area (Å²) in [5, 5.41) is 8.53. The number of rotatable bonds is 6. The van der Waals surface area contributed by atoms with Crippen molar-refractivity contribution >= 4 is 17.5 Å². The molecule has 0 aliphatic rings. The van der Waals surface area contributed by atoms with Gasteiger partial charge in [-0.2, -0.15) is 0 Å². The monoisotopic (exact) mass is 373 g/mol. The number of carbonyl (C=O) groups is 1. The average Bonchev–Trinajstić information content (AvgIpc) is 3.06. The Labute approximate surface area is 154 Å². The zero-order chi connectivity index (χ0) is 18.7. The molecule has 4 nitrogen and oxygen atoms in total. The Balaban J connectivity index is 1.83. The normalized spacial score (nSPS) is 12.2. The Morgan fingerprint density at radius 2 is 1.85 bits per heavy atom. The Morgan fingerprint density at radius 1 is 1.12 bits per heavy atom. The molecule has 0 N–H and O–H groups in total. The molecule has 0 radical (unpaired) electrons. The lowest BCUT2D eigenvalue weighted by molar-refractivity contribution is 0.0993. The zero-order valence-corrected chi connectivity index (χ0v) is 15.1. The van der Waals surface area contributed by atoms with Gasteiger partial charge in [-0.05, 0) is 32.0 Å². The van der Waals surface area contributed by atoms with Crippen molar-refractivity contribution in [2.75, 3.05) is 0 Å². The van der Waals surface area contributed by atoms with Gasteiger partial charge in [0.15, 0.2) is 28.4 Å². The minimum Gasteiger partial charge on any atom is -0.302 e. The third kappa shape index (κ3) is 3.67. The van der Waals surface area contributed by atoms with E-state index in [1.54, 1.807) is 6.92 Å². The molecule has 3 rings (SSSR count). The van der Waals surface area contributed by atoms with Gasteiger partial charge in [-0.15, -0.1) is 10.2 Å². The predicted molar refractivity (Wildman–Crippen MR) is 97.1 cm³/mol. The molecule has 26 heavy (non-hydrogen) atoms. The van der Waals surface area contributed by atoms with Crippen molar-refractivity contribution in [3.05, 3.63) is 65.7 Å². The fraction of sp³-hybridized carbons (Fsp3) is 0.211. The Bertz CT molecular complexity index is 928. The van der Waals surface area contributed by atoms with Crippen molar-refractivity contribution in [3.63, 3.8) is 0 Å². The Kier molecular flexibility index (Phi) is 5.46. The first-order valence-electron chi connectivity index (χ1n) is 8.15. The van der Waals surface area contributed by atoms with E-state index in [2.05, 4.69) is 10.2 Å². The Morgan fingerprint density at radius 3 is 2.50 bits per heavy atom. The van der Waals surface area contributed by atoms with Crippen LogP contribution in [0.1, 0.15) is 24.2 Å². The van der Waals surface area contributed by atoms with Gasteiger partial charge in [0, 0.05) is 17.7 Å². The highest BCUT2D eigenvalue weighted by molar-refractivity contribution is 8.00. The highest BCUT2D eigenvalue weighted by Crippen LogP contribution is 2.28. The number of Topliss-reactive ketones (excluding diaryl/α,β-unsaturated/α-hetero) is 1. The molecule has 0 amide bonds. The summed E-state index contributed by atoms with van der Waals surface area (Å²) in [5.41, 5.74) is 1.07. The van der Waals surface area contributed by atoms with E-state index < -0.39 is 16.9 Å². The van der Waals surface area contributed by atoms with Gasteiger partial charge in [-0.25, -0.2) is 8.78 Å². The summed E-state index contributed by atoms with van der Waals surface area (Å²) in [6.45, 7) is 4.33. The van der Waals surface area contributed by atoms with Crippen LogP contribution in [-0.2, 0) is 6.54 Å². The quantitative estimate of drug-likeness (QED) is 0.468. The molecule has 3 aromatic rings. The number of carbonyl (C=O) groups excluding carboxylic acids is 1. The molecule has 1 aromatic heterocycles. The van der Waals surface area contributed by atoms with E-state index in [1.165, 1.54) is 17.8 Å². The second kappa shape index (κ2) is 7.78. The van der Waals surface area contributed by atoms with Crippen LogP contribution < -0.4 is 0 Å². The maximum atomic E-state index is 13.4. The number of benzene rings is 2. The highest BCUT2D eigenvalue weighted by atomic mass is 32.2. The van der Waals surface area contributed by atoms with E-state index >= 15 is 0 Å². The molecule has 0 aliphatic carbocycles. The van der Waals surface area contributed by atoms with Crippen LogP contribution in [0, 0.1) is 11.6 Å². The number of nitrogens with zero attached hydrogens (tertiary/aromatic N) is 3.